The summed E-state index contributed by atoms with van der Waals surface area (Å²) in [4.78, 5) is 26.7. The summed E-state index contributed by atoms with van der Waals surface area (Å²) in [6.45, 7) is 5.10. The van der Waals surface area contributed by atoms with Gasteiger partial charge in [0.1, 0.15) is 5.82 Å². The van der Waals surface area contributed by atoms with E-state index in [0.29, 0.717) is 18.3 Å². The molecular formula is C20H25N5O2. The van der Waals surface area contributed by atoms with Crippen molar-refractivity contribution in [1.82, 2.24) is 19.9 Å². The Bertz CT molecular complexity index is 749. The number of hydrogen-bond donors (Lipinski definition) is 1. The number of pyridine rings is 1. The van der Waals surface area contributed by atoms with Crippen LogP contribution in [-0.2, 0) is 16.1 Å². The Hall–Kier alpha value is -2.80. The lowest BCUT2D eigenvalue weighted by molar-refractivity contribution is -0.137. The Kier molecular flexibility index (Phi) is 6.87. The topological polar surface area (TPSA) is 80.2 Å². The smallest absolute Gasteiger partial charge is 0.330 e. The fourth-order valence-electron chi connectivity index (χ4n) is 3.12. The molecule has 3 rings (SSSR count). The van der Waals surface area contributed by atoms with Gasteiger partial charge in [-0.3, -0.25) is 14.9 Å². The molecule has 0 amide bonds. The maximum Gasteiger partial charge on any atom is 0.330 e. The SMILES string of the molecule is CCOC(=O)/C=C/c1cnc(N[C@@H]2CCCN(Cc3cccnc3)C2)cn1. The van der Waals surface area contributed by atoms with Gasteiger partial charge in [0.25, 0.3) is 0 Å². The molecular weight excluding hydrogens is 342 g/mol. The molecule has 7 heteroatoms. The minimum Gasteiger partial charge on any atom is -0.463 e. The van der Waals surface area contributed by atoms with Gasteiger partial charge >= 0.3 is 5.97 Å². The van der Waals surface area contributed by atoms with Crippen LogP contribution in [0.4, 0.5) is 5.82 Å². The van der Waals surface area contributed by atoms with Crippen LogP contribution in [-0.4, -0.2) is 51.6 Å². The molecule has 2 aromatic rings. The van der Waals surface area contributed by atoms with Crippen molar-refractivity contribution in [3.8, 4) is 0 Å². The molecule has 0 radical (unpaired) electrons. The lowest BCUT2D eigenvalue weighted by Crippen LogP contribution is -2.41. The molecule has 0 bridgehead atoms. The Morgan fingerprint density at radius 1 is 1.37 bits per heavy atom. The van der Waals surface area contributed by atoms with Crippen LogP contribution in [0, 0.1) is 0 Å². The highest BCUT2D eigenvalue weighted by atomic mass is 16.5. The number of carbonyl (C=O) groups excluding carboxylic acids is 1. The molecule has 27 heavy (non-hydrogen) atoms. The first-order valence-electron chi connectivity index (χ1n) is 9.27. The van der Waals surface area contributed by atoms with E-state index < -0.39 is 0 Å². The molecule has 1 aliphatic heterocycles. The minimum absolute atomic E-state index is 0.339. The Morgan fingerprint density at radius 3 is 3.04 bits per heavy atom. The summed E-state index contributed by atoms with van der Waals surface area (Å²) >= 11 is 0. The van der Waals surface area contributed by atoms with E-state index in [2.05, 4.69) is 31.2 Å². The first kappa shape index (κ1) is 19.0. The lowest BCUT2D eigenvalue weighted by atomic mass is 10.1. The highest BCUT2D eigenvalue weighted by Gasteiger charge is 2.20. The second-order valence-corrected chi connectivity index (χ2v) is 6.49. The van der Waals surface area contributed by atoms with Crippen LogP contribution >= 0.6 is 0 Å². The van der Waals surface area contributed by atoms with Gasteiger partial charge in [0.2, 0.25) is 0 Å². The van der Waals surface area contributed by atoms with Crippen LogP contribution in [0.25, 0.3) is 6.08 Å². The Balaban J connectivity index is 1.51. The van der Waals surface area contributed by atoms with Crippen LogP contribution in [0.1, 0.15) is 31.0 Å². The number of piperidine rings is 1. The third-order valence-electron chi connectivity index (χ3n) is 4.34. The van der Waals surface area contributed by atoms with Crippen molar-refractivity contribution in [2.45, 2.75) is 32.4 Å². The van der Waals surface area contributed by atoms with Gasteiger partial charge in [-0.15, -0.1) is 0 Å². The largest absolute Gasteiger partial charge is 0.463 e. The van der Waals surface area contributed by atoms with Crippen molar-refractivity contribution >= 4 is 17.9 Å². The minimum atomic E-state index is -0.377. The molecule has 1 fully saturated rings. The Labute approximate surface area is 159 Å². The normalized spacial score (nSPS) is 17.7. The van der Waals surface area contributed by atoms with E-state index in [9.17, 15) is 4.79 Å². The number of rotatable bonds is 7. The van der Waals surface area contributed by atoms with Crippen LogP contribution in [0.2, 0.25) is 0 Å². The average Bonchev–Trinajstić information content (AvgIpc) is 2.69. The zero-order valence-electron chi connectivity index (χ0n) is 15.5. The van der Waals surface area contributed by atoms with E-state index in [1.165, 1.54) is 11.6 Å². The van der Waals surface area contributed by atoms with E-state index in [0.717, 1.165) is 38.3 Å². The van der Waals surface area contributed by atoms with Gasteiger partial charge in [-0.05, 0) is 44.0 Å². The van der Waals surface area contributed by atoms with E-state index in [4.69, 9.17) is 4.74 Å². The fraction of sp³-hybridized carbons (Fsp3) is 0.400. The quantitative estimate of drug-likeness (QED) is 0.595. The van der Waals surface area contributed by atoms with E-state index in [1.807, 2.05) is 12.3 Å². The van der Waals surface area contributed by atoms with Gasteiger partial charge in [0.05, 0.1) is 24.7 Å². The number of likely N-dealkylation sites (tertiary alicyclic amines) is 1. The third-order valence-corrected chi connectivity index (χ3v) is 4.34. The highest BCUT2D eigenvalue weighted by molar-refractivity contribution is 5.86. The predicted molar refractivity (Wildman–Crippen MR) is 104 cm³/mol. The van der Waals surface area contributed by atoms with Crippen molar-refractivity contribution in [1.29, 1.82) is 0 Å². The molecule has 0 unspecified atom stereocenters. The highest BCUT2D eigenvalue weighted by Crippen LogP contribution is 2.16. The summed E-state index contributed by atoms with van der Waals surface area (Å²) in [5, 5.41) is 3.46. The lowest BCUT2D eigenvalue weighted by Gasteiger charge is -2.33. The molecule has 1 atom stereocenters. The van der Waals surface area contributed by atoms with Crippen molar-refractivity contribution in [3.63, 3.8) is 0 Å². The molecule has 0 aromatic carbocycles. The molecule has 1 saturated heterocycles. The number of ether oxygens (including phenoxy) is 1. The van der Waals surface area contributed by atoms with Gasteiger partial charge < -0.3 is 10.1 Å². The van der Waals surface area contributed by atoms with E-state index in [-0.39, 0.29) is 5.97 Å². The third kappa shape index (κ3) is 6.14. The van der Waals surface area contributed by atoms with E-state index >= 15 is 0 Å². The van der Waals surface area contributed by atoms with Crippen molar-refractivity contribution in [3.05, 3.63) is 54.3 Å². The van der Waals surface area contributed by atoms with E-state index in [1.54, 1.807) is 31.6 Å². The van der Waals surface area contributed by atoms with Gasteiger partial charge in [-0.25, -0.2) is 9.78 Å². The molecule has 0 aliphatic carbocycles. The van der Waals surface area contributed by atoms with Crippen molar-refractivity contribution in [2.24, 2.45) is 0 Å². The van der Waals surface area contributed by atoms with Crippen LogP contribution < -0.4 is 5.32 Å². The maximum absolute atomic E-state index is 11.3. The van der Waals surface area contributed by atoms with Crippen molar-refractivity contribution < 1.29 is 9.53 Å². The molecule has 7 nitrogen and oxygen atoms in total. The summed E-state index contributed by atoms with van der Waals surface area (Å²) in [6, 6.07) is 4.42. The standard InChI is InChI=1S/C20H25N5O2/c1-2-27-20(26)8-7-17-12-23-19(13-22-17)24-18-6-4-10-25(15-18)14-16-5-3-9-21-11-16/h3,5,7-9,11-13,18H,2,4,6,10,14-15H2,1H3,(H,23,24)/b8-7+/t18-/m1/s1. The second-order valence-electron chi connectivity index (χ2n) is 6.49. The average molecular weight is 367 g/mol. The number of esters is 1. The van der Waals surface area contributed by atoms with Crippen LogP contribution in [0.15, 0.2) is 43.0 Å². The summed E-state index contributed by atoms with van der Waals surface area (Å²) in [6.07, 6.45) is 12.3. The maximum atomic E-state index is 11.3. The van der Waals surface area contributed by atoms with Crippen molar-refractivity contribution in [2.75, 3.05) is 25.0 Å². The van der Waals surface area contributed by atoms with Gasteiger partial charge in [0.15, 0.2) is 0 Å². The molecule has 3 heterocycles. The number of anilines is 1. The summed E-state index contributed by atoms with van der Waals surface area (Å²) < 4.78 is 4.85. The predicted octanol–water partition coefficient (Wildman–Crippen LogP) is 2.52. The molecule has 1 N–H and O–H groups in total. The molecule has 0 spiro atoms. The second kappa shape index (κ2) is 9.78. The zero-order chi connectivity index (χ0) is 18.9. The monoisotopic (exact) mass is 367 g/mol. The molecule has 2 aromatic heterocycles. The van der Waals surface area contributed by atoms with Gasteiger partial charge in [-0.1, -0.05) is 6.07 Å². The first-order valence-corrected chi connectivity index (χ1v) is 9.27. The number of carbonyl (C=O) groups is 1. The summed E-state index contributed by atoms with van der Waals surface area (Å²) in [5.41, 5.74) is 1.85. The molecule has 0 saturated carbocycles. The first-order chi connectivity index (χ1) is 13.2. The van der Waals surface area contributed by atoms with Gasteiger partial charge in [0, 0.05) is 37.6 Å². The zero-order valence-corrected chi connectivity index (χ0v) is 15.5. The molecule has 1 aliphatic rings. The summed E-state index contributed by atoms with van der Waals surface area (Å²) in [5.74, 6) is 0.369. The number of hydrogen-bond acceptors (Lipinski definition) is 7. The number of nitrogens with zero attached hydrogens (tertiary/aromatic N) is 4. The van der Waals surface area contributed by atoms with Crippen LogP contribution in [0.5, 0.6) is 0 Å². The molecule has 142 valence electrons. The Morgan fingerprint density at radius 2 is 2.30 bits per heavy atom. The number of aromatic nitrogens is 3. The van der Waals surface area contributed by atoms with Gasteiger partial charge in [-0.2, -0.15) is 0 Å². The number of nitrogens with one attached hydrogen (secondary N) is 1. The van der Waals surface area contributed by atoms with Crippen LogP contribution in [0.3, 0.4) is 0 Å². The fourth-order valence-corrected chi connectivity index (χ4v) is 3.12. The summed E-state index contributed by atoms with van der Waals surface area (Å²) in [7, 11) is 0.